The molecule has 2 aromatic heterocycles. The lowest BCUT2D eigenvalue weighted by molar-refractivity contribution is -0.120. The van der Waals surface area contributed by atoms with Gasteiger partial charge in [0.15, 0.2) is 0 Å². The third kappa shape index (κ3) is 3.00. The van der Waals surface area contributed by atoms with Crippen molar-refractivity contribution in [2.75, 3.05) is 0 Å². The van der Waals surface area contributed by atoms with Crippen molar-refractivity contribution in [1.82, 2.24) is 15.4 Å². The summed E-state index contributed by atoms with van der Waals surface area (Å²) in [6.45, 7) is 3.72. The van der Waals surface area contributed by atoms with Crippen LogP contribution in [0.25, 0.3) is 6.08 Å². The van der Waals surface area contributed by atoms with E-state index in [2.05, 4.69) is 20.3 Å². The van der Waals surface area contributed by atoms with Crippen molar-refractivity contribution in [3.8, 4) is 0 Å². The molecule has 1 amide bonds. The van der Waals surface area contributed by atoms with Crippen LogP contribution in [0.2, 0.25) is 0 Å². The van der Waals surface area contributed by atoms with Crippen molar-refractivity contribution in [3.05, 3.63) is 63.6 Å². The van der Waals surface area contributed by atoms with Crippen LogP contribution in [0.3, 0.4) is 0 Å². The summed E-state index contributed by atoms with van der Waals surface area (Å²) >= 11 is 0. The Labute approximate surface area is 143 Å². The van der Waals surface area contributed by atoms with Gasteiger partial charge in [0, 0.05) is 12.0 Å². The molecular weight excluding hydrogens is 320 g/mol. The van der Waals surface area contributed by atoms with Gasteiger partial charge in [-0.2, -0.15) is 0 Å². The fraction of sp³-hybridized carbons (Fsp3) is 0.278. The molecule has 0 saturated carbocycles. The average molecular weight is 336 g/mol. The number of para-hydroxylation sites is 1. The number of fused-ring (bicyclic) bond motifs is 1. The summed E-state index contributed by atoms with van der Waals surface area (Å²) in [6, 6.07) is 7.55. The average Bonchev–Trinajstić information content (AvgIpc) is 3.17. The highest BCUT2D eigenvalue weighted by atomic mass is 16.5. The first-order chi connectivity index (χ1) is 12.1. The highest BCUT2D eigenvalue weighted by Gasteiger charge is 2.22. The van der Waals surface area contributed by atoms with Crippen LogP contribution in [0.4, 0.5) is 0 Å². The zero-order valence-corrected chi connectivity index (χ0v) is 13.9. The predicted octanol–water partition coefficient (Wildman–Crippen LogP) is 1.06. The molecule has 3 aromatic rings. The van der Waals surface area contributed by atoms with Crippen LogP contribution in [0.15, 0.2) is 38.2 Å². The van der Waals surface area contributed by atoms with Crippen LogP contribution in [-0.2, 0) is 17.6 Å². The SMILES string of the molecule is Cc1noc(C)c1Cc1nnc(CC2C=c3ccccc3=NC2=O)o1. The van der Waals surface area contributed by atoms with Crippen molar-refractivity contribution in [2.45, 2.75) is 26.7 Å². The number of hydrogen-bond acceptors (Lipinski definition) is 6. The van der Waals surface area contributed by atoms with Crippen LogP contribution in [-0.4, -0.2) is 21.3 Å². The second kappa shape index (κ2) is 6.08. The molecule has 0 saturated heterocycles. The minimum atomic E-state index is -0.387. The summed E-state index contributed by atoms with van der Waals surface area (Å²) in [6.07, 6.45) is 2.71. The van der Waals surface area contributed by atoms with Crippen LogP contribution in [0, 0.1) is 19.8 Å². The summed E-state index contributed by atoms with van der Waals surface area (Å²) in [5.74, 6) is 1.06. The Bertz CT molecular complexity index is 1040. The maximum atomic E-state index is 12.2. The molecule has 7 nitrogen and oxygen atoms in total. The zero-order valence-electron chi connectivity index (χ0n) is 13.9. The first-order valence-corrected chi connectivity index (χ1v) is 8.02. The standard InChI is InChI=1S/C18H16N4O3/c1-10-14(11(2)25-22-10)9-17-21-20-16(24-17)8-13-7-12-5-3-4-6-15(12)19-18(13)23/h3-7,13H,8-9H2,1-2H3. The van der Waals surface area contributed by atoms with E-state index in [4.69, 9.17) is 8.94 Å². The number of carbonyl (C=O) groups is 1. The smallest absolute Gasteiger partial charge is 0.253 e. The Morgan fingerprint density at radius 2 is 1.92 bits per heavy atom. The lowest BCUT2D eigenvalue weighted by Gasteiger charge is -2.09. The minimum Gasteiger partial charge on any atom is -0.425 e. The summed E-state index contributed by atoms with van der Waals surface area (Å²) in [4.78, 5) is 16.3. The van der Waals surface area contributed by atoms with E-state index in [0.717, 1.165) is 22.2 Å². The van der Waals surface area contributed by atoms with Crippen LogP contribution < -0.4 is 10.6 Å². The number of aryl methyl sites for hydroxylation is 2. The van der Waals surface area contributed by atoms with E-state index in [1.807, 2.05) is 44.2 Å². The van der Waals surface area contributed by atoms with E-state index < -0.39 is 0 Å². The third-order valence-electron chi connectivity index (χ3n) is 4.28. The first-order valence-electron chi connectivity index (χ1n) is 8.02. The molecule has 0 spiro atoms. The maximum absolute atomic E-state index is 12.2. The molecule has 25 heavy (non-hydrogen) atoms. The number of rotatable bonds is 4. The number of hydrogen-bond donors (Lipinski definition) is 0. The Hall–Kier alpha value is -3.09. The molecule has 3 heterocycles. The van der Waals surface area contributed by atoms with Gasteiger partial charge in [-0.25, -0.2) is 4.99 Å². The van der Waals surface area contributed by atoms with Gasteiger partial charge in [-0.15, -0.1) is 10.2 Å². The molecule has 1 atom stereocenters. The van der Waals surface area contributed by atoms with Gasteiger partial charge in [0.1, 0.15) is 5.76 Å². The number of aromatic nitrogens is 3. The molecule has 0 aliphatic carbocycles. The quantitative estimate of drug-likeness (QED) is 0.707. The van der Waals surface area contributed by atoms with Gasteiger partial charge in [0.2, 0.25) is 11.8 Å². The van der Waals surface area contributed by atoms with Crippen LogP contribution in [0.1, 0.15) is 28.8 Å². The monoisotopic (exact) mass is 336 g/mol. The van der Waals surface area contributed by atoms with Crippen molar-refractivity contribution < 1.29 is 13.7 Å². The zero-order chi connectivity index (χ0) is 17.4. The summed E-state index contributed by atoms with van der Waals surface area (Å²) in [5.41, 5.74) is 1.75. The largest absolute Gasteiger partial charge is 0.425 e. The Morgan fingerprint density at radius 3 is 2.72 bits per heavy atom. The molecule has 1 aliphatic rings. The Morgan fingerprint density at radius 1 is 1.12 bits per heavy atom. The van der Waals surface area contributed by atoms with Gasteiger partial charge in [-0.3, -0.25) is 4.79 Å². The fourth-order valence-corrected chi connectivity index (χ4v) is 2.90. The van der Waals surface area contributed by atoms with E-state index in [1.54, 1.807) is 0 Å². The lowest BCUT2D eigenvalue weighted by atomic mass is 10.0. The van der Waals surface area contributed by atoms with Gasteiger partial charge < -0.3 is 8.94 Å². The van der Waals surface area contributed by atoms with E-state index >= 15 is 0 Å². The van der Waals surface area contributed by atoms with Gasteiger partial charge >= 0.3 is 0 Å². The summed E-state index contributed by atoms with van der Waals surface area (Å²) in [5, 5.41) is 13.7. The Kier molecular flexibility index (Phi) is 3.76. The molecule has 1 aromatic carbocycles. The van der Waals surface area contributed by atoms with Crippen molar-refractivity contribution in [2.24, 2.45) is 10.9 Å². The molecule has 0 fully saturated rings. The van der Waals surface area contributed by atoms with E-state index in [0.29, 0.717) is 30.0 Å². The number of benzene rings is 1. The predicted molar refractivity (Wildman–Crippen MR) is 87.0 cm³/mol. The van der Waals surface area contributed by atoms with Crippen LogP contribution in [0.5, 0.6) is 0 Å². The molecule has 7 heteroatoms. The molecule has 126 valence electrons. The molecular formula is C18H16N4O3. The molecule has 1 unspecified atom stereocenters. The minimum absolute atomic E-state index is 0.191. The van der Waals surface area contributed by atoms with Gasteiger partial charge in [0.05, 0.1) is 23.4 Å². The van der Waals surface area contributed by atoms with E-state index in [-0.39, 0.29) is 11.8 Å². The topological polar surface area (TPSA) is 94.4 Å². The molecule has 0 radical (unpaired) electrons. The Balaban J connectivity index is 1.54. The highest BCUT2D eigenvalue weighted by molar-refractivity contribution is 5.86. The van der Waals surface area contributed by atoms with Crippen LogP contribution >= 0.6 is 0 Å². The third-order valence-corrected chi connectivity index (χ3v) is 4.28. The fourth-order valence-electron chi connectivity index (χ4n) is 2.90. The normalized spacial score (nSPS) is 16.2. The maximum Gasteiger partial charge on any atom is 0.253 e. The molecule has 1 aliphatic heterocycles. The number of nitrogens with zero attached hydrogens (tertiary/aromatic N) is 4. The van der Waals surface area contributed by atoms with Crippen molar-refractivity contribution in [1.29, 1.82) is 0 Å². The second-order valence-electron chi connectivity index (χ2n) is 6.06. The van der Waals surface area contributed by atoms with Crippen molar-refractivity contribution in [3.63, 3.8) is 0 Å². The van der Waals surface area contributed by atoms with Gasteiger partial charge in [-0.05, 0) is 25.1 Å². The highest BCUT2D eigenvalue weighted by Crippen LogP contribution is 2.18. The van der Waals surface area contributed by atoms with E-state index in [9.17, 15) is 4.79 Å². The van der Waals surface area contributed by atoms with Crippen molar-refractivity contribution >= 4 is 12.0 Å². The number of amides is 1. The number of carbonyl (C=O) groups excluding carboxylic acids is 1. The second-order valence-corrected chi connectivity index (χ2v) is 6.06. The summed E-state index contributed by atoms with van der Waals surface area (Å²) in [7, 11) is 0. The summed E-state index contributed by atoms with van der Waals surface area (Å²) < 4.78 is 10.8. The molecule has 0 N–H and O–H groups in total. The molecule has 0 bridgehead atoms. The van der Waals surface area contributed by atoms with E-state index in [1.165, 1.54) is 0 Å². The lowest BCUT2D eigenvalue weighted by Crippen LogP contribution is -2.34. The van der Waals surface area contributed by atoms with Gasteiger partial charge in [0.25, 0.3) is 5.91 Å². The van der Waals surface area contributed by atoms with Gasteiger partial charge in [-0.1, -0.05) is 29.4 Å². The first kappa shape index (κ1) is 15.4. The molecule has 4 rings (SSSR count).